The molecule has 0 amide bonds. The lowest BCUT2D eigenvalue weighted by Crippen LogP contribution is -2.03. The number of nitrogens with zero attached hydrogens (tertiary/aromatic N) is 1. The van der Waals surface area contributed by atoms with Crippen LogP contribution in [0.15, 0.2) is 83.3 Å². The molecule has 32 heavy (non-hydrogen) atoms. The molecule has 0 fully saturated rings. The summed E-state index contributed by atoms with van der Waals surface area (Å²) in [7, 11) is 0. The SMILES string of the molecule is Brc1cc2c3c(ccc2c2ccccc12)CCCC3.C#CCc1ccc2ccccc2n1. The van der Waals surface area contributed by atoms with E-state index in [0.717, 1.165) is 16.6 Å². The van der Waals surface area contributed by atoms with Crippen LogP contribution in [0.5, 0.6) is 0 Å². The molecule has 1 heterocycles. The van der Waals surface area contributed by atoms with Crippen molar-refractivity contribution in [2.75, 3.05) is 0 Å². The Morgan fingerprint density at radius 2 is 1.53 bits per heavy atom. The molecule has 0 atom stereocenters. The molecular weight excluding hydrogens is 454 g/mol. The summed E-state index contributed by atoms with van der Waals surface area (Å²) in [6.07, 6.45) is 11.0. The quantitative estimate of drug-likeness (QED) is 0.176. The van der Waals surface area contributed by atoms with Crippen LogP contribution in [0.2, 0.25) is 0 Å². The molecule has 1 aliphatic carbocycles. The van der Waals surface area contributed by atoms with E-state index in [9.17, 15) is 0 Å². The summed E-state index contributed by atoms with van der Waals surface area (Å²) < 4.78 is 1.22. The number of pyridine rings is 1. The molecule has 0 radical (unpaired) electrons. The minimum absolute atomic E-state index is 0.602. The molecule has 0 unspecified atom stereocenters. The molecule has 156 valence electrons. The van der Waals surface area contributed by atoms with Gasteiger partial charge in [-0.3, -0.25) is 4.98 Å². The fraction of sp³-hybridized carbons (Fsp3) is 0.167. The Balaban J connectivity index is 0.000000146. The van der Waals surface area contributed by atoms with Crippen molar-refractivity contribution >= 4 is 48.4 Å². The van der Waals surface area contributed by atoms with Crippen molar-refractivity contribution in [1.29, 1.82) is 0 Å². The van der Waals surface area contributed by atoms with Crippen LogP contribution < -0.4 is 0 Å². The Morgan fingerprint density at radius 3 is 2.41 bits per heavy atom. The highest BCUT2D eigenvalue weighted by molar-refractivity contribution is 9.10. The predicted molar refractivity (Wildman–Crippen MR) is 140 cm³/mol. The molecule has 6 rings (SSSR count). The van der Waals surface area contributed by atoms with Crippen molar-refractivity contribution in [3.63, 3.8) is 0 Å². The number of aryl methyl sites for hydroxylation is 2. The number of halogens is 1. The highest BCUT2D eigenvalue weighted by atomic mass is 79.9. The fourth-order valence-electron chi connectivity index (χ4n) is 4.70. The topological polar surface area (TPSA) is 12.9 Å². The van der Waals surface area contributed by atoms with Gasteiger partial charge in [0.2, 0.25) is 0 Å². The molecule has 2 heteroatoms. The standard InChI is InChI=1S/C18H15Br.C12H9N/c19-18-11-17-13-6-2-1-5-12(13)9-10-15(17)14-7-3-4-8-16(14)18;1-2-5-11-9-8-10-6-3-4-7-12(10)13-11/h3-4,7-11H,1-2,5-6H2;1,3-4,6-9H,5H2. The minimum atomic E-state index is 0.602. The summed E-state index contributed by atoms with van der Waals surface area (Å²) >= 11 is 3.75. The molecule has 1 aliphatic rings. The maximum atomic E-state index is 5.21. The largest absolute Gasteiger partial charge is 0.252 e. The monoisotopic (exact) mass is 477 g/mol. The third-order valence-electron chi connectivity index (χ3n) is 6.26. The Labute approximate surface area is 197 Å². The molecule has 1 aromatic heterocycles. The number of benzene rings is 4. The van der Waals surface area contributed by atoms with Crippen molar-refractivity contribution in [2.24, 2.45) is 0 Å². The lowest BCUT2D eigenvalue weighted by Gasteiger charge is -2.19. The van der Waals surface area contributed by atoms with E-state index in [-0.39, 0.29) is 0 Å². The summed E-state index contributed by atoms with van der Waals surface area (Å²) in [4.78, 5) is 4.42. The normalized spacial score (nSPS) is 12.8. The van der Waals surface area contributed by atoms with Crippen LogP contribution in [0.1, 0.15) is 29.7 Å². The van der Waals surface area contributed by atoms with Crippen molar-refractivity contribution in [3.05, 3.63) is 100 Å². The first-order chi connectivity index (χ1) is 15.7. The van der Waals surface area contributed by atoms with Gasteiger partial charge in [-0.2, -0.15) is 0 Å². The third kappa shape index (κ3) is 4.01. The average molecular weight is 478 g/mol. The van der Waals surface area contributed by atoms with E-state index in [0.29, 0.717) is 6.42 Å². The van der Waals surface area contributed by atoms with Crippen LogP contribution >= 0.6 is 15.9 Å². The van der Waals surface area contributed by atoms with Gasteiger partial charge >= 0.3 is 0 Å². The molecule has 0 saturated heterocycles. The number of hydrogen-bond acceptors (Lipinski definition) is 1. The number of fused-ring (bicyclic) bond motifs is 6. The number of rotatable bonds is 1. The van der Waals surface area contributed by atoms with Gasteiger partial charge < -0.3 is 0 Å². The molecule has 4 aromatic carbocycles. The van der Waals surface area contributed by atoms with Gasteiger partial charge in [0.25, 0.3) is 0 Å². The number of para-hydroxylation sites is 1. The summed E-state index contributed by atoms with van der Waals surface area (Å²) in [6, 6.07) is 27.7. The first-order valence-corrected chi connectivity index (χ1v) is 11.9. The van der Waals surface area contributed by atoms with Crippen molar-refractivity contribution < 1.29 is 0 Å². The zero-order chi connectivity index (χ0) is 21.9. The Kier molecular flexibility index (Phi) is 5.93. The van der Waals surface area contributed by atoms with E-state index in [1.165, 1.54) is 51.7 Å². The maximum absolute atomic E-state index is 5.21. The first kappa shape index (κ1) is 20.7. The second-order valence-electron chi connectivity index (χ2n) is 8.29. The maximum Gasteiger partial charge on any atom is 0.0705 e. The van der Waals surface area contributed by atoms with Crippen LogP contribution in [0.4, 0.5) is 0 Å². The molecule has 0 spiro atoms. The van der Waals surface area contributed by atoms with Gasteiger partial charge in [-0.25, -0.2) is 0 Å². The molecule has 0 saturated carbocycles. The van der Waals surface area contributed by atoms with Crippen molar-refractivity contribution in [2.45, 2.75) is 32.1 Å². The van der Waals surface area contributed by atoms with Crippen molar-refractivity contribution in [1.82, 2.24) is 4.98 Å². The van der Waals surface area contributed by atoms with E-state index < -0.39 is 0 Å². The van der Waals surface area contributed by atoms with Gasteiger partial charge in [0.05, 0.1) is 17.6 Å². The summed E-state index contributed by atoms with van der Waals surface area (Å²) in [5.74, 6) is 2.59. The average Bonchev–Trinajstić information content (AvgIpc) is 2.85. The molecular formula is C30H24BrN. The summed E-state index contributed by atoms with van der Waals surface area (Å²) in [5, 5.41) is 6.68. The molecule has 0 bridgehead atoms. The zero-order valence-corrected chi connectivity index (χ0v) is 19.5. The number of terminal acetylenes is 1. The lowest BCUT2D eigenvalue weighted by molar-refractivity contribution is 0.690. The van der Waals surface area contributed by atoms with Gasteiger partial charge in [-0.05, 0) is 76.6 Å². The molecule has 5 aromatic rings. The van der Waals surface area contributed by atoms with Gasteiger partial charge in [0.15, 0.2) is 0 Å². The minimum Gasteiger partial charge on any atom is -0.252 e. The highest BCUT2D eigenvalue weighted by Gasteiger charge is 2.14. The molecule has 1 nitrogen and oxygen atoms in total. The fourth-order valence-corrected chi connectivity index (χ4v) is 5.27. The van der Waals surface area contributed by atoms with Gasteiger partial charge in [0.1, 0.15) is 0 Å². The Hall–Kier alpha value is -3.15. The summed E-state index contributed by atoms with van der Waals surface area (Å²) in [6.45, 7) is 0. The smallest absolute Gasteiger partial charge is 0.0705 e. The van der Waals surface area contributed by atoms with Gasteiger partial charge in [0, 0.05) is 9.86 Å². The number of aromatic nitrogens is 1. The Bertz CT molecular complexity index is 1480. The highest BCUT2D eigenvalue weighted by Crippen LogP contribution is 2.36. The van der Waals surface area contributed by atoms with E-state index in [4.69, 9.17) is 6.42 Å². The van der Waals surface area contributed by atoms with E-state index in [1.807, 2.05) is 30.3 Å². The third-order valence-corrected chi connectivity index (χ3v) is 6.92. The second-order valence-corrected chi connectivity index (χ2v) is 9.14. The van der Waals surface area contributed by atoms with E-state index in [1.54, 1.807) is 11.1 Å². The van der Waals surface area contributed by atoms with E-state index >= 15 is 0 Å². The van der Waals surface area contributed by atoms with Crippen LogP contribution in [-0.2, 0) is 19.3 Å². The van der Waals surface area contributed by atoms with E-state index in [2.05, 4.69) is 75.4 Å². The van der Waals surface area contributed by atoms with Crippen LogP contribution in [0.3, 0.4) is 0 Å². The molecule has 0 aliphatic heterocycles. The number of hydrogen-bond donors (Lipinski definition) is 0. The lowest BCUT2D eigenvalue weighted by atomic mass is 9.86. The van der Waals surface area contributed by atoms with Crippen LogP contribution in [-0.4, -0.2) is 4.98 Å². The first-order valence-electron chi connectivity index (χ1n) is 11.1. The zero-order valence-electron chi connectivity index (χ0n) is 17.9. The Morgan fingerprint density at radius 1 is 0.781 bits per heavy atom. The predicted octanol–water partition coefficient (Wildman–Crippen LogP) is 8.04. The second kappa shape index (κ2) is 9.15. The van der Waals surface area contributed by atoms with Gasteiger partial charge in [-0.15, -0.1) is 12.3 Å². The van der Waals surface area contributed by atoms with Gasteiger partial charge in [-0.1, -0.05) is 76.6 Å². The van der Waals surface area contributed by atoms with Crippen LogP contribution in [0, 0.1) is 12.3 Å². The van der Waals surface area contributed by atoms with Crippen LogP contribution in [0.25, 0.3) is 32.4 Å². The molecule has 0 N–H and O–H groups in total. The van der Waals surface area contributed by atoms with Crippen molar-refractivity contribution in [3.8, 4) is 12.3 Å². The summed E-state index contributed by atoms with van der Waals surface area (Å²) in [5.41, 5.74) is 5.10.